The van der Waals surface area contributed by atoms with Gasteiger partial charge < -0.3 is 4.55 Å². The van der Waals surface area contributed by atoms with Gasteiger partial charge in [0, 0.05) is 4.91 Å². The standard InChI is InChI=1S/C5H10O3S.K/c1-3-4-5(2)9(6,7)8;/h4H,3H2,1-2H3,(H,6,7,8);/q;+1/p-1/b5-4+;. The molecule has 54 valence electrons. The Balaban J connectivity index is 0. The molecule has 0 heterocycles. The molecule has 5 heteroatoms. The summed E-state index contributed by atoms with van der Waals surface area (Å²) in [5.41, 5.74) is 0. The van der Waals surface area contributed by atoms with E-state index in [1.807, 2.05) is 0 Å². The number of hydrogen-bond donors (Lipinski definition) is 0. The molecule has 0 saturated carbocycles. The molecular weight excluding hydrogens is 179 g/mol. The van der Waals surface area contributed by atoms with Gasteiger partial charge in [0.15, 0.2) is 0 Å². The third-order valence-electron chi connectivity index (χ3n) is 0.886. The van der Waals surface area contributed by atoms with E-state index < -0.39 is 10.1 Å². The monoisotopic (exact) mass is 188 g/mol. The smallest absolute Gasteiger partial charge is 0.744 e. The van der Waals surface area contributed by atoms with Crippen LogP contribution in [0.1, 0.15) is 20.3 Å². The first kappa shape index (κ1) is 13.8. The van der Waals surface area contributed by atoms with Crippen molar-refractivity contribution in [2.45, 2.75) is 20.3 Å². The van der Waals surface area contributed by atoms with Gasteiger partial charge in [-0.05, 0) is 13.3 Å². The molecule has 0 saturated heterocycles. The molecule has 0 aliphatic heterocycles. The third kappa shape index (κ3) is 6.03. The van der Waals surface area contributed by atoms with Crippen LogP contribution in [0, 0.1) is 0 Å². The van der Waals surface area contributed by atoms with Gasteiger partial charge in [-0.1, -0.05) is 13.0 Å². The van der Waals surface area contributed by atoms with Gasteiger partial charge in [0.25, 0.3) is 0 Å². The first-order chi connectivity index (χ1) is 3.98. The van der Waals surface area contributed by atoms with Crippen molar-refractivity contribution in [3.63, 3.8) is 0 Å². The van der Waals surface area contributed by atoms with Crippen LogP contribution in [0.2, 0.25) is 0 Å². The van der Waals surface area contributed by atoms with Crippen LogP contribution in [0.4, 0.5) is 0 Å². The van der Waals surface area contributed by atoms with Crippen molar-refractivity contribution in [1.29, 1.82) is 0 Å². The Morgan fingerprint density at radius 1 is 1.60 bits per heavy atom. The SMILES string of the molecule is CC/C=C(\C)S(=O)(=O)[O-].[K+]. The van der Waals surface area contributed by atoms with Crippen LogP contribution in [0.15, 0.2) is 11.0 Å². The summed E-state index contributed by atoms with van der Waals surface area (Å²) in [6.07, 6.45) is 1.97. The summed E-state index contributed by atoms with van der Waals surface area (Å²) >= 11 is 0. The zero-order valence-electron chi connectivity index (χ0n) is 6.42. The van der Waals surface area contributed by atoms with Gasteiger partial charge in [-0.15, -0.1) is 0 Å². The molecule has 0 radical (unpaired) electrons. The molecule has 0 rings (SSSR count). The van der Waals surface area contributed by atoms with Crippen molar-refractivity contribution in [3.8, 4) is 0 Å². The summed E-state index contributed by atoms with van der Waals surface area (Å²) in [5.74, 6) is 0. The van der Waals surface area contributed by atoms with E-state index in [0.717, 1.165) is 0 Å². The van der Waals surface area contributed by atoms with E-state index in [2.05, 4.69) is 0 Å². The summed E-state index contributed by atoms with van der Waals surface area (Å²) in [7, 11) is -4.15. The third-order valence-corrected chi connectivity index (χ3v) is 1.84. The second kappa shape index (κ2) is 5.88. The van der Waals surface area contributed by atoms with Crippen molar-refractivity contribution in [2.24, 2.45) is 0 Å². The predicted octanol–water partition coefficient (Wildman–Crippen LogP) is -2.15. The molecule has 10 heavy (non-hydrogen) atoms. The Morgan fingerprint density at radius 2 is 2.00 bits per heavy atom. The molecular formula is C5H9KO3S. The van der Waals surface area contributed by atoms with Crippen molar-refractivity contribution >= 4 is 10.1 Å². The maximum atomic E-state index is 10.1. The summed E-state index contributed by atoms with van der Waals surface area (Å²) in [6.45, 7) is 3.07. The summed E-state index contributed by atoms with van der Waals surface area (Å²) in [4.78, 5) is -0.0926. The second-order valence-electron chi connectivity index (χ2n) is 1.68. The van der Waals surface area contributed by atoms with Gasteiger partial charge in [-0.25, -0.2) is 8.42 Å². The average Bonchev–Trinajstić information content (AvgIpc) is 1.64. The first-order valence-electron chi connectivity index (χ1n) is 2.61. The predicted molar refractivity (Wildman–Crippen MR) is 33.7 cm³/mol. The van der Waals surface area contributed by atoms with E-state index in [4.69, 9.17) is 0 Å². The molecule has 0 aliphatic rings. The maximum absolute atomic E-state index is 10.1. The first-order valence-corrected chi connectivity index (χ1v) is 4.02. The van der Waals surface area contributed by atoms with Gasteiger partial charge in [0.2, 0.25) is 0 Å². The topological polar surface area (TPSA) is 57.2 Å². The number of rotatable bonds is 2. The van der Waals surface area contributed by atoms with Crippen molar-refractivity contribution in [3.05, 3.63) is 11.0 Å². The number of hydrogen-bond acceptors (Lipinski definition) is 3. The van der Waals surface area contributed by atoms with Crippen LogP contribution in [0.25, 0.3) is 0 Å². The molecule has 0 bridgehead atoms. The quantitative estimate of drug-likeness (QED) is 0.367. The minimum atomic E-state index is -4.15. The summed E-state index contributed by atoms with van der Waals surface area (Å²) < 4.78 is 30.3. The van der Waals surface area contributed by atoms with Gasteiger partial charge in [-0.3, -0.25) is 0 Å². The van der Waals surface area contributed by atoms with Crippen LogP contribution in [0.5, 0.6) is 0 Å². The van der Waals surface area contributed by atoms with Gasteiger partial charge >= 0.3 is 51.4 Å². The van der Waals surface area contributed by atoms with E-state index in [1.54, 1.807) is 6.92 Å². The fourth-order valence-corrected chi connectivity index (χ4v) is 0.760. The average molecular weight is 188 g/mol. The molecule has 0 unspecified atom stereocenters. The molecule has 0 N–H and O–H groups in total. The van der Waals surface area contributed by atoms with Crippen LogP contribution in [-0.2, 0) is 10.1 Å². The Labute approximate surface area is 104 Å². The zero-order chi connectivity index (χ0) is 7.49. The van der Waals surface area contributed by atoms with E-state index in [1.165, 1.54) is 13.0 Å². The van der Waals surface area contributed by atoms with Crippen LogP contribution < -0.4 is 51.4 Å². The summed E-state index contributed by atoms with van der Waals surface area (Å²) in [5, 5.41) is 0. The molecule has 0 aliphatic carbocycles. The van der Waals surface area contributed by atoms with E-state index >= 15 is 0 Å². The zero-order valence-corrected chi connectivity index (χ0v) is 10.4. The fraction of sp³-hybridized carbons (Fsp3) is 0.600. The van der Waals surface area contributed by atoms with Crippen LogP contribution in [0.3, 0.4) is 0 Å². The minimum absolute atomic E-state index is 0. The van der Waals surface area contributed by atoms with Gasteiger partial charge in [0.05, 0.1) is 0 Å². The molecule has 0 spiro atoms. The van der Waals surface area contributed by atoms with Crippen molar-refractivity contribution in [2.75, 3.05) is 0 Å². The fourth-order valence-electron chi connectivity index (χ4n) is 0.390. The Bertz CT molecular complexity index is 205. The Kier molecular flexibility index (Phi) is 8.14. The molecule has 0 fully saturated rings. The summed E-state index contributed by atoms with van der Waals surface area (Å²) in [6, 6.07) is 0. The van der Waals surface area contributed by atoms with Gasteiger partial charge in [-0.2, -0.15) is 0 Å². The molecule has 0 atom stereocenters. The Hall–Kier alpha value is 1.29. The van der Waals surface area contributed by atoms with E-state index in [0.29, 0.717) is 6.42 Å². The molecule has 0 aromatic carbocycles. The van der Waals surface area contributed by atoms with E-state index in [-0.39, 0.29) is 56.3 Å². The molecule has 0 amide bonds. The van der Waals surface area contributed by atoms with Crippen molar-refractivity contribution in [1.82, 2.24) is 0 Å². The minimum Gasteiger partial charge on any atom is -0.744 e. The molecule has 0 aromatic heterocycles. The van der Waals surface area contributed by atoms with Crippen LogP contribution in [-0.4, -0.2) is 13.0 Å². The normalized spacial score (nSPS) is 12.5. The molecule has 0 aromatic rings. The van der Waals surface area contributed by atoms with Gasteiger partial charge in [0.1, 0.15) is 10.1 Å². The maximum Gasteiger partial charge on any atom is 1.00 e. The Morgan fingerprint density at radius 3 is 2.10 bits per heavy atom. The van der Waals surface area contributed by atoms with Crippen molar-refractivity contribution < 1.29 is 64.4 Å². The molecule has 3 nitrogen and oxygen atoms in total. The van der Waals surface area contributed by atoms with E-state index in [9.17, 15) is 13.0 Å². The second-order valence-corrected chi connectivity index (χ2v) is 3.23. The largest absolute Gasteiger partial charge is 1.00 e. The number of allylic oxidation sites excluding steroid dienone is 2. The van der Waals surface area contributed by atoms with Crippen LogP contribution >= 0.6 is 0 Å².